The van der Waals surface area contributed by atoms with Crippen LogP contribution >= 0.6 is 0 Å². The van der Waals surface area contributed by atoms with Gasteiger partial charge in [-0.05, 0) is 19.2 Å². The summed E-state index contributed by atoms with van der Waals surface area (Å²) in [5.74, 6) is 0. The standard InChI is InChI=1S/C14H14N2.Ir/c1-2-9-15-10-13-8-7-12-5-3-4-6-14(12)16(13)11-15;/h3-5,7-8,10-11H,2,9H2,1H3;/q-2;. The number of rotatable bonds is 2. The van der Waals surface area contributed by atoms with Gasteiger partial charge in [-0.2, -0.15) is 30.9 Å². The Bertz CT molecular complexity index is 465. The van der Waals surface area contributed by atoms with Crippen LogP contribution in [0.15, 0.2) is 36.2 Å². The van der Waals surface area contributed by atoms with E-state index < -0.39 is 0 Å². The molecular weight excluding hydrogens is 388 g/mol. The van der Waals surface area contributed by atoms with Crippen LogP contribution in [0.5, 0.6) is 0 Å². The first-order valence-electron chi connectivity index (χ1n) is 5.69. The molecule has 2 heterocycles. The van der Waals surface area contributed by atoms with E-state index in [2.05, 4.69) is 53.9 Å². The molecule has 1 aromatic carbocycles. The molecular formula is C14H14IrN2-2. The van der Waals surface area contributed by atoms with Crippen molar-refractivity contribution in [3.63, 3.8) is 0 Å². The molecule has 0 aliphatic carbocycles. The Kier molecular flexibility index (Phi) is 3.70. The molecule has 0 atom stereocenters. The maximum atomic E-state index is 3.30. The van der Waals surface area contributed by atoms with Crippen molar-refractivity contribution in [1.82, 2.24) is 4.90 Å². The molecule has 2 nitrogen and oxygen atoms in total. The number of para-hydroxylation sites is 1. The maximum absolute atomic E-state index is 3.30. The van der Waals surface area contributed by atoms with Gasteiger partial charge in [0.05, 0.1) is 0 Å². The first kappa shape index (κ1) is 12.4. The molecule has 91 valence electrons. The number of hydrogen-bond acceptors (Lipinski definition) is 2. The zero-order valence-electron chi connectivity index (χ0n) is 9.68. The van der Waals surface area contributed by atoms with E-state index in [4.69, 9.17) is 0 Å². The number of anilines is 1. The average Bonchev–Trinajstić information content (AvgIpc) is 2.72. The van der Waals surface area contributed by atoms with Gasteiger partial charge in [-0.25, -0.2) is 0 Å². The Morgan fingerprint density at radius 3 is 3.06 bits per heavy atom. The van der Waals surface area contributed by atoms with E-state index in [9.17, 15) is 0 Å². The molecule has 0 unspecified atom stereocenters. The van der Waals surface area contributed by atoms with Crippen LogP contribution in [0.2, 0.25) is 0 Å². The van der Waals surface area contributed by atoms with Gasteiger partial charge in [0.2, 0.25) is 0 Å². The molecule has 0 spiro atoms. The average molecular weight is 402 g/mol. The second-order valence-corrected chi connectivity index (χ2v) is 4.08. The van der Waals surface area contributed by atoms with Gasteiger partial charge in [0, 0.05) is 25.8 Å². The second-order valence-electron chi connectivity index (χ2n) is 4.08. The summed E-state index contributed by atoms with van der Waals surface area (Å²) in [5, 5.41) is 0. The van der Waals surface area contributed by atoms with Crippen LogP contribution in [-0.2, 0) is 20.1 Å². The quantitative estimate of drug-likeness (QED) is 0.702. The fourth-order valence-corrected chi connectivity index (χ4v) is 2.13. The first-order valence-corrected chi connectivity index (χ1v) is 5.69. The number of hydrogen-bond donors (Lipinski definition) is 0. The second kappa shape index (κ2) is 5.07. The Morgan fingerprint density at radius 2 is 2.24 bits per heavy atom. The number of nitrogens with zero attached hydrogens (tertiary/aromatic N) is 2. The van der Waals surface area contributed by atoms with E-state index in [1.54, 1.807) is 0 Å². The third-order valence-electron chi connectivity index (χ3n) is 2.86. The molecule has 1 aromatic rings. The molecule has 0 saturated carbocycles. The largest absolute Gasteiger partial charge is 0.507 e. The summed E-state index contributed by atoms with van der Waals surface area (Å²) < 4.78 is 0. The van der Waals surface area contributed by atoms with Gasteiger partial charge in [0.15, 0.2) is 0 Å². The third kappa shape index (κ3) is 2.17. The molecule has 0 saturated heterocycles. The zero-order chi connectivity index (χ0) is 11.0. The van der Waals surface area contributed by atoms with Crippen LogP contribution in [-0.4, -0.2) is 11.4 Å². The monoisotopic (exact) mass is 403 g/mol. The first-order chi connectivity index (χ1) is 7.88. The summed E-state index contributed by atoms with van der Waals surface area (Å²) in [4.78, 5) is 4.43. The van der Waals surface area contributed by atoms with E-state index in [1.165, 1.54) is 11.3 Å². The summed E-state index contributed by atoms with van der Waals surface area (Å²) in [7, 11) is 0. The smallest absolute Gasteiger partial charge is 0.0240 e. The van der Waals surface area contributed by atoms with Crippen LogP contribution in [0.3, 0.4) is 0 Å². The predicted octanol–water partition coefficient (Wildman–Crippen LogP) is 3.00. The van der Waals surface area contributed by atoms with Crippen LogP contribution in [0.4, 0.5) is 5.69 Å². The fourth-order valence-electron chi connectivity index (χ4n) is 2.13. The molecule has 0 amide bonds. The van der Waals surface area contributed by atoms with Crippen LogP contribution in [0.25, 0.3) is 6.08 Å². The van der Waals surface area contributed by atoms with Crippen molar-refractivity contribution in [2.45, 2.75) is 13.3 Å². The van der Waals surface area contributed by atoms with Crippen molar-refractivity contribution in [1.29, 1.82) is 0 Å². The van der Waals surface area contributed by atoms with E-state index >= 15 is 0 Å². The minimum atomic E-state index is 0. The maximum Gasteiger partial charge on any atom is 0.0240 e. The summed E-state index contributed by atoms with van der Waals surface area (Å²) in [6.07, 6.45) is 7.65. The summed E-state index contributed by atoms with van der Waals surface area (Å²) in [6.45, 7) is 5.41. The van der Waals surface area contributed by atoms with Crippen molar-refractivity contribution in [3.8, 4) is 0 Å². The van der Waals surface area contributed by atoms with Crippen molar-refractivity contribution in [3.05, 3.63) is 54.5 Å². The SMILES string of the molecule is CCCN1C=C2C=Cc3ccc[c-]c3N2[CH-]1.[Ir]. The van der Waals surface area contributed by atoms with E-state index in [0.717, 1.165) is 18.7 Å². The molecule has 1 radical (unpaired) electrons. The van der Waals surface area contributed by atoms with Crippen molar-refractivity contribution >= 4 is 11.8 Å². The molecule has 2 aliphatic rings. The summed E-state index contributed by atoms with van der Waals surface area (Å²) in [5.41, 5.74) is 3.60. The van der Waals surface area contributed by atoms with E-state index in [1.807, 2.05) is 12.1 Å². The molecule has 3 rings (SSSR count). The third-order valence-corrected chi connectivity index (χ3v) is 2.86. The number of fused-ring (bicyclic) bond motifs is 3. The van der Waals surface area contributed by atoms with E-state index in [-0.39, 0.29) is 20.1 Å². The van der Waals surface area contributed by atoms with E-state index in [0.29, 0.717) is 0 Å². The molecule has 3 heteroatoms. The molecule has 2 aliphatic heterocycles. The fraction of sp³-hybridized carbons (Fsp3) is 0.214. The minimum Gasteiger partial charge on any atom is -0.507 e. The Morgan fingerprint density at radius 1 is 1.35 bits per heavy atom. The molecule has 0 fully saturated rings. The van der Waals surface area contributed by atoms with Crippen LogP contribution in [0.1, 0.15) is 18.9 Å². The zero-order valence-corrected chi connectivity index (χ0v) is 12.1. The summed E-state index contributed by atoms with van der Waals surface area (Å²) in [6, 6.07) is 9.41. The van der Waals surface area contributed by atoms with Gasteiger partial charge in [-0.1, -0.05) is 18.7 Å². The normalized spacial score (nSPS) is 16.2. The number of benzene rings is 1. The van der Waals surface area contributed by atoms with Gasteiger partial charge >= 0.3 is 0 Å². The van der Waals surface area contributed by atoms with Gasteiger partial charge in [-0.3, -0.25) is 0 Å². The molecule has 0 N–H and O–H groups in total. The summed E-state index contributed by atoms with van der Waals surface area (Å²) >= 11 is 0. The Hall–Kier alpha value is -1.05. The Balaban J connectivity index is 0.00000108. The predicted molar refractivity (Wildman–Crippen MR) is 66.2 cm³/mol. The Labute approximate surface area is 116 Å². The van der Waals surface area contributed by atoms with Crippen LogP contribution < -0.4 is 4.90 Å². The number of allylic oxidation sites excluding steroid dienone is 1. The molecule has 17 heavy (non-hydrogen) atoms. The van der Waals surface area contributed by atoms with Gasteiger partial charge in [0.1, 0.15) is 0 Å². The molecule has 0 bridgehead atoms. The van der Waals surface area contributed by atoms with Gasteiger partial charge < -0.3 is 9.80 Å². The van der Waals surface area contributed by atoms with Crippen molar-refractivity contribution < 1.29 is 20.1 Å². The minimum absolute atomic E-state index is 0. The molecule has 0 aromatic heterocycles. The van der Waals surface area contributed by atoms with Crippen LogP contribution in [0, 0.1) is 12.7 Å². The van der Waals surface area contributed by atoms with Crippen molar-refractivity contribution in [2.24, 2.45) is 0 Å². The van der Waals surface area contributed by atoms with Gasteiger partial charge in [0.25, 0.3) is 0 Å². The topological polar surface area (TPSA) is 6.48 Å². The van der Waals surface area contributed by atoms with Crippen molar-refractivity contribution in [2.75, 3.05) is 11.4 Å². The van der Waals surface area contributed by atoms with Gasteiger partial charge in [-0.15, -0.1) is 11.6 Å².